The molecule has 2 N–H and O–H groups in total. The van der Waals surface area contributed by atoms with Crippen LogP contribution in [-0.2, 0) is 0 Å². The summed E-state index contributed by atoms with van der Waals surface area (Å²) in [5, 5.41) is 11.0. The first-order valence-electron chi connectivity index (χ1n) is 13.0. The van der Waals surface area contributed by atoms with Crippen LogP contribution in [0.4, 0.5) is 4.39 Å². The molecule has 1 unspecified atom stereocenters. The third kappa shape index (κ3) is 6.01. The molecular formula is C32H24Cl3FN2O3. The quantitative estimate of drug-likeness (QED) is 0.163. The van der Waals surface area contributed by atoms with E-state index < -0.39 is 11.8 Å². The van der Waals surface area contributed by atoms with Crippen molar-refractivity contribution < 1.29 is 19.1 Å². The number of imidazole rings is 1. The molecule has 0 fully saturated rings. The van der Waals surface area contributed by atoms with Crippen molar-refractivity contribution in [1.82, 2.24) is 9.97 Å². The van der Waals surface area contributed by atoms with Crippen LogP contribution >= 0.6 is 34.8 Å². The Morgan fingerprint density at radius 3 is 2.41 bits per heavy atom. The molecule has 4 aromatic carbocycles. The first-order valence-corrected chi connectivity index (χ1v) is 14.1. The second-order valence-electron chi connectivity index (χ2n) is 9.76. The normalized spacial score (nSPS) is 12.0. The van der Waals surface area contributed by atoms with Gasteiger partial charge in [0.1, 0.15) is 11.6 Å². The summed E-state index contributed by atoms with van der Waals surface area (Å²) >= 11 is 18.6. The van der Waals surface area contributed by atoms with Crippen LogP contribution in [0.15, 0.2) is 72.8 Å². The van der Waals surface area contributed by atoms with Crippen molar-refractivity contribution >= 4 is 57.6 Å². The van der Waals surface area contributed by atoms with Crippen LogP contribution in [0.25, 0.3) is 33.5 Å². The summed E-state index contributed by atoms with van der Waals surface area (Å²) < 4.78 is 14.0. The van der Waals surface area contributed by atoms with Gasteiger partial charge < -0.3 is 10.1 Å². The van der Waals surface area contributed by atoms with Crippen LogP contribution in [0, 0.1) is 5.82 Å². The van der Waals surface area contributed by atoms with Crippen molar-refractivity contribution in [2.45, 2.75) is 32.1 Å². The van der Waals surface area contributed by atoms with E-state index in [0.29, 0.717) is 49.2 Å². The Hall–Kier alpha value is -3.71. The number of rotatable bonds is 9. The third-order valence-corrected chi connectivity index (χ3v) is 7.90. The Morgan fingerprint density at radius 1 is 0.951 bits per heavy atom. The zero-order valence-corrected chi connectivity index (χ0v) is 24.1. The fourth-order valence-electron chi connectivity index (χ4n) is 5.05. The number of hydrogen-bond acceptors (Lipinski definition) is 3. The minimum Gasteiger partial charge on any atom is -0.478 e. The molecule has 1 atom stereocenters. The van der Waals surface area contributed by atoms with Gasteiger partial charge in [0, 0.05) is 39.2 Å². The summed E-state index contributed by atoms with van der Waals surface area (Å²) in [6.45, 7) is 2.05. The predicted molar refractivity (Wildman–Crippen MR) is 162 cm³/mol. The maximum atomic E-state index is 14.0. The molecule has 41 heavy (non-hydrogen) atoms. The molecular weight excluding hydrogens is 586 g/mol. The van der Waals surface area contributed by atoms with Gasteiger partial charge in [-0.2, -0.15) is 0 Å². The number of aromatic carboxylic acids is 1. The van der Waals surface area contributed by atoms with Gasteiger partial charge in [0.25, 0.3) is 0 Å². The number of nitrogens with one attached hydrogen (secondary N) is 1. The van der Waals surface area contributed by atoms with E-state index in [1.165, 1.54) is 18.2 Å². The van der Waals surface area contributed by atoms with E-state index in [2.05, 4.69) is 16.9 Å². The Balaban J connectivity index is 1.55. The minimum absolute atomic E-state index is 0.0284. The van der Waals surface area contributed by atoms with Gasteiger partial charge in [0.05, 0.1) is 21.6 Å². The van der Waals surface area contributed by atoms with E-state index in [1.54, 1.807) is 42.5 Å². The summed E-state index contributed by atoms with van der Waals surface area (Å²) in [5.41, 5.74) is 3.35. The second kappa shape index (κ2) is 12.0. The van der Waals surface area contributed by atoms with Crippen LogP contribution in [0.1, 0.15) is 58.4 Å². The zero-order chi connectivity index (χ0) is 29.3. The lowest BCUT2D eigenvalue weighted by molar-refractivity contribution is 0.0697. The highest BCUT2D eigenvalue weighted by Gasteiger charge is 2.23. The number of nitrogens with zero attached hydrogens (tertiary/aromatic N) is 1. The molecule has 0 bridgehead atoms. The van der Waals surface area contributed by atoms with Gasteiger partial charge in [0.15, 0.2) is 5.78 Å². The largest absolute Gasteiger partial charge is 0.478 e. The number of fused-ring (bicyclic) bond motifs is 1. The van der Waals surface area contributed by atoms with E-state index in [0.717, 1.165) is 18.4 Å². The molecule has 5 rings (SSSR count). The number of H-pyrrole nitrogens is 1. The van der Waals surface area contributed by atoms with Gasteiger partial charge in [-0.15, -0.1) is 0 Å². The first-order chi connectivity index (χ1) is 19.7. The number of carbonyl (C=O) groups is 2. The van der Waals surface area contributed by atoms with Crippen LogP contribution in [0.5, 0.6) is 0 Å². The molecule has 0 aliphatic rings. The zero-order valence-electron chi connectivity index (χ0n) is 21.8. The van der Waals surface area contributed by atoms with Crippen molar-refractivity contribution in [3.05, 3.63) is 110 Å². The molecule has 0 saturated heterocycles. The van der Waals surface area contributed by atoms with Crippen molar-refractivity contribution in [3.8, 4) is 22.5 Å². The molecule has 5 aromatic rings. The number of carboxylic acids is 1. The smallest absolute Gasteiger partial charge is 0.336 e. The van der Waals surface area contributed by atoms with E-state index in [4.69, 9.17) is 34.8 Å². The lowest BCUT2D eigenvalue weighted by Gasteiger charge is -2.17. The van der Waals surface area contributed by atoms with Gasteiger partial charge in [-0.05, 0) is 53.8 Å². The first kappa shape index (κ1) is 28.8. The highest BCUT2D eigenvalue weighted by atomic mass is 35.5. The molecule has 1 aromatic heterocycles. The lowest BCUT2D eigenvalue weighted by atomic mass is 9.87. The van der Waals surface area contributed by atoms with Crippen LogP contribution in [0.2, 0.25) is 15.1 Å². The molecule has 0 aliphatic heterocycles. The van der Waals surface area contributed by atoms with Crippen molar-refractivity contribution in [2.75, 3.05) is 0 Å². The SMILES string of the molecule is CCCC(CC(=O)c1ccc(-c2c(Cl)cccc2-c2nc3cc(Cl)c(F)cc3[nH]2)c(C(=O)O)c1)c1ccc(Cl)cc1. The number of benzene rings is 4. The number of aromatic amines is 1. The summed E-state index contributed by atoms with van der Waals surface area (Å²) in [5.74, 6) is -1.63. The van der Waals surface area contributed by atoms with E-state index in [1.807, 2.05) is 12.1 Å². The number of aromatic nitrogens is 2. The molecule has 1 heterocycles. The molecule has 0 aliphatic carbocycles. The maximum Gasteiger partial charge on any atom is 0.336 e. The highest BCUT2D eigenvalue weighted by Crippen LogP contribution is 2.40. The van der Waals surface area contributed by atoms with Crippen molar-refractivity contribution in [3.63, 3.8) is 0 Å². The third-order valence-electron chi connectivity index (χ3n) is 7.04. The molecule has 0 radical (unpaired) electrons. The van der Waals surface area contributed by atoms with Crippen molar-refractivity contribution in [1.29, 1.82) is 0 Å². The second-order valence-corrected chi connectivity index (χ2v) is 11.0. The topological polar surface area (TPSA) is 83.0 Å². The van der Waals surface area contributed by atoms with Gasteiger partial charge in [0.2, 0.25) is 0 Å². The summed E-state index contributed by atoms with van der Waals surface area (Å²) in [6, 6.07) is 19.8. The number of Topliss-reactive ketones (excluding diaryl/α,β-unsaturated/α-hetero) is 1. The van der Waals surface area contributed by atoms with Gasteiger partial charge >= 0.3 is 5.97 Å². The monoisotopic (exact) mass is 608 g/mol. The van der Waals surface area contributed by atoms with E-state index in [-0.39, 0.29) is 28.7 Å². The average Bonchev–Trinajstić information content (AvgIpc) is 3.35. The Kier molecular flexibility index (Phi) is 8.45. The molecule has 0 spiro atoms. The number of ketones is 1. The van der Waals surface area contributed by atoms with Crippen LogP contribution < -0.4 is 0 Å². The Labute approximate surface area is 250 Å². The van der Waals surface area contributed by atoms with Crippen molar-refractivity contribution in [2.24, 2.45) is 0 Å². The fourth-order valence-corrected chi connectivity index (χ4v) is 5.61. The van der Waals surface area contributed by atoms with E-state index >= 15 is 0 Å². The van der Waals surface area contributed by atoms with E-state index in [9.17, 15) is 19.1 Å². The number of carboxylic acid groups (broad SMARTS) is 1. The van der Waals surface area contributed by atoms with Crippen LogP contribution in [0.3, 0.4) is 0 Å². The molecule has 208 valence electrons. The summed E-state index contributed by atoms with van der Waals surface area (Å²) in [7, 11) is 0. The average molecular weight is 610 g/mol. The number of halogens is 4. The number of hydrogen-bond donors (Lipinski definition) is 2. The Bertz CT molecular complexity index is 1740. The van der Waals surface area contributed by atoms with Gasteiger partial charge in [-0.25, -0.2) is 14.2 Å². The summed E-state index contributed by atoms with van der Waals surface area (Å²) in [4.78, 5) is 33.5. The molecule has 5 nitrogen and oxygen atoms in total. The van der Waals surface area contributed by atoms with Crippen LogP contribution in [-0.4, -0.2) is 26.8 Å². The lowest BCUT2D eigenvalue weighted by Crippen LogP contribution is -2.10. The summed E-state index contributed by atoms with van der Waals surface area (Å²) in [6.07, 6.45) is 1.91. The standard InChI is InChI=1S/C32H24Cl3FN2O3/c1-2-4-18(17-7-10-20(33)11-8-17)14-29(39)19-9-12-21(23(13-19)32(40)41)30-22(5-3-6-24(30)34)31-37-27-15-25(35)26(36)16-28(27)38-31/h3,5-13,15-16,18H,2,4,14H2,1H3,(H,37,38)(H,40,41). The maximum absolute atomic E-state index is 14.0. The predicted octanol–water partition coefficient (Wildman–Crippen LogP) is 9.85. The highest BCUT2D eigenvalue weighted by molar-refractivity contribution is 6.34. The number of carbonyl (C=O) groups excluding carboxylic acids is 1. The van der Waals surface area contributed by atoms with Gasteiger partial charge in [-0.1, -0.05) is 84.5 Å². The molecule has 9 heteroatoms. The van der Waals surface area contributed by atoms with Gasteiger partial charge in [-0.3, -0.25) is 4.79 Å². The molecule has 0 saturated carbocycles. The fraction of sp³-hybridized carbons (Fsp3) is 0.156. The Morgan fingerprint density at radius 2 is 1.71 bits per heavy atom. The minimum atomic E-state index is -1.21. The molecule has 0 amide bonds.